The highest BCUT2D eigenvalue weighted by molar-refractivity contribution is 7.18. The second-order valence-electron chi connectivity index (χ2n) is 6.33. The number of aliphatic imine (C=N–C) groups is 1. The van der Waals surface area contributed by atoms with Crippen LogP contribution in [-0.2, 0) is 0 Å². The molecular formula is C21H13NS. The van der Waals surface area contributed by atoms with Gasteiger partial charge in [-0.15, -0.1) is 11.3 Å². The maximum atomic E-state index is 5.00. The highest BCUT2D eigenvalue weighted by atomic mass is 32.1. The standard InChI is InChI=1S/C21H13NS/c1-2-6-13-12(5-1)11-17-16-10-9-15-14-7-3-4-8-18(14)22-19(15)21(16)23-20(13)17/h1-3,5-7,9-11H,4,8H2. The minimum atomic E-state index is 1.07. The normalized spacial score (nSPS) is 16.7. The van der Waals surface area contributed by atoms with Gasteiger partial charge in [0.1, 0.15) is 0 Å². The third-order valence-electron chi connectivity index (χ3n) is 5.06. The third-order valence-corrected chi connectivity index (χ3v) is 6.32. The fraction of sp³-hybridized carbons (Fsp3) is 0.0952. The maximum Gasteiger partial charge on any atom is 0.0890 e. The Morgan fingerprint density at radius 2 is 1.96 bits per heavy atom. The van der Waals surface area contributed by atoms with E-state index in [2.05, 4.69) is 54.6 Å². The van der Waals surface area contributed by atoms with E-state index in [9.17, 15) is 0 Å². The van der Waals surface area contributed by atoms with Gasteiger partial charge in [0, 0.05) is 32.0 Å². The molecular weight excluding hydrogens is 298 g/mol. The van der Waals surface area contributed by atoms with Gasteiger partial charge in [0.25, 0.3) is 0 Å². The molecule has 6 rings (SSSR count). The van der Waals surface area contributed by atoms with Crippen LogP contribution in [0, 0.1) is 9.75 Å². The third kappa shape index (κ3) is 1.45. The van der Waals surface area contributed by atoms with E-state index >= 15 is 0 Å². The summed E-state index contributed by atoms with van der Waals surface area (Å²) in [5, 5.41) is 5.38. The van der Waals surface area contributed by atoms with E-state index in [1.807, 2.05) is 11.3 Å². The van der Waals surface area contributed by atoms with Crippen molar-refractivity contribution in [2.75, 3.05) is 0 Å². The number of allylic oxidation sites excluding steroid dienone is 2. The molecule has 3 aromatic rings. The zero-order chi connectivity index (χ0) is 15.0. The van der Waals surface area contributed by atoms with E-state index in [-0.39, 0.29) is 0 Å². The lowest BCUT2D eigenvalue weighted by molar-refractivity contribution is 1.09. The lowest BCUT2D eigenvalue weighted by Gasteiger charge is -2.05. The van der Waals surface area contributed by atoms with Crippen LogP contribution in [-0.4, -0.2) is 5.71 Å². The van der Waals surface area contributed by atoms with E-state index < -0.39 is 0 Å². The number of nitrogens with zero attached hydrogens (tertiary/aromatic N) is 1. The van der Waals surface area contributed by atoms with Crippen molar-refractivity contribution >= 4 is 44.5 Å². The van der Waals surface area contributed by atoms with Crippen molar-refractivity contribution in [1.29, 1.82) is 0 Å². The van der Waals surface area contributed by atoms with Crippen molar-refractivity contribution in [2.24, 2.45) is 4.99 Å². The van der Waals surface area contributed by atoms with Crippen LogP contribution in [0.1, 0.15) is 18.4 Å². The van der Waals surface area contributed by atoms with Crippen LogP contribution in [0.4, 0.5) is 5.69 Å². The summed E-state index contributed by atoms with van der Waals surface area (Å²) in [5.41, 5.74) is 5.19. The lowest BCUT2D eigenvalue weighted by atomic mass is 9.99. The van der Waals surface area contributed by atoms with E-state index in [1.54, 1.807) is 0 Å². The van der Waals surface area contributed by atoms with Crippen LogP contribution in [0.2, 0.25) is 0 Å². The average Bonchev–Trinajstić information content (AvgIpc) is 3.23. The zero-order valence-corrected chi connectivity index (χ0v) is 13.3. The minimum absolute atomic E-state index is 1.07. The molecule has 0 unspecified atom stereocenters. The Balaban J connectivity index is 1.82. The predicted octanol–water partition coefficient (Wildman–Crippen LogP) is 3.92. The Morgan fingerprint density at radius 3 is 2.96 bits per heavy atom. The summed E-state index contributed by atoms with van der Waals surface area (Å²) >= 11 is 1.90. The summed E-state index contributed by atoms with van der Waals surface area (Å²) in [7, 11) is 0. The molecule has 0 radical (unpaired) electrons. The Hall–Kier alpha value is -2.45. The molecule has 0 fully saturated rings. The summed E-state index contributed by atoms with van der Waals surface area (Å²) in [6.45, 7) is 0. The summed E-state index contributed by atoms with van der Waals surface area (Å²) in [6, 6.07) is 13.2. The molecule has 3 aliphatic rings. The van der Waals surface area contributed by atoms with E-state index in [0.717, 1.165) is 12.8 Å². The van der Waals surface area contributed by atoms with Crippen molar-refractivity contribution in [1.82, 2.24) is 0 Å². The predicted molar refractivity (Wildman–Crippen MR) is 97.6 cm³/mol. The van der Waals surface area contributed by atoms with E-state index in [1.165, 1.54) is 52.8 Å². The maximum absolute atomic E-state index is 5.00. The fourth-order valence-electron chi connectivity index (χ4n) is 3.97. The van der Waals surface area contributed by atoms with Crippen LogP contribution in [0.5, 0.6) is 0 Å². The summed E-state index contributed by atoms with van der Waals surface area (Å²) in [6.07, 6.45) is 9.04. The number of hydrogen-bond donors (Lipinski definition) is 0. The highest BCUT2D eigenvalue weighted by Crippen LogP contribution is 2.38. The van der Waals surface area contributed by atoms with Gasteiger partial charge >= 0.3 is 0 Å². The van der Waals surface area contributed by atoms with Crippen molar-refractivity contribution < 1.29 is 0 Å². The van der Waals surface area contributed by atoms with Crippen molar-refractivity contribution in [3.8, 4) is 0 Å². The van der Waals surface area contributed by atoms with E-state index in [0.29, 0.717) is 0 Å². The van der Waals surface area contributed by atoms with Crippen LogP contribution in [0.3, 0.4) is 0 Å². The molecule has 108 valence electrons. The largest absolute Gasteiger partial charge is 0.251 e. The summed E-state index contributed by atoms with van der Waals surface area (Å²) in [4.78, 5) is 5.00. The Labute approximate surface area is 136 Å². The summed E-state index contributed by atoms with van der Waals surface area (Å²) < 4.78 is 2.75. The second kappa shape index (κ2) is 4.09. The number of hydrogen-bond acceptors (Lipinski definition) is 2. The zero-order valence-electron chi connectivity index (χ0n) is 12.5. The molecule has 0 spiro atoms. The van der Waals surface area contributed by atoms with Gasteiger partial charge in [-0.2, -0.15) is 0 Å². The van der Waals surface area contributed by atoms with Gasteiger partial charge in [0.15, 0.2) is 0 Å². The van der Waals surface area contributed by atoms with E-state index in [4.69, 9.17) is 4.99 Å². The molecule has 2 aliphatic carbocycles. The van der Waals surface area contributed by atoms with Crippen molar-refractivity contribution in [2.45, 2.75) is 12.8 Å². The molecule has 0 N–H and O–H groups in total. The van der Waals surface area contributed by atoms with Gasteiger partial charge in [0.2, 0.25) is 0 Å². The number of thiophene rings is 1. The smallest absolute Gasteiger partial charge is 0.0890 e. The first-order valence-corrected chi connectivity index (χ1v) is 8.87. The van der Waals surface area contributed by atoms with Gasteiger partial charge in [-0.25, -0.2) is 0 Å². The molecule has 23 heavy (non-hydrogen) atoms. The first-order valence-electron chi connectivity index (χ1n) is 8.05. The molecule has 0 atom stereocenters. The molecule has 2 heteroatoms. The molecule has 0 saturated heterocycles. The van der Waals surface area contributed by atoms with Gasteiger partial charge in [0.05, 0.1) is 10.4 Å². The molecule has 2 heterocycles. The molecule has 0 amide bonds. The minimum Gasteiger partial charge on any atom is -0.251 e. The van der Waals surface area contributed by atoms with Crippen molar-refractivity contribution in [3.63, 3.8) is 0 Å². The van der Waals surface area contributed by atoms with Crippen LogP contribution in [0.25, 0.3) is 21.7 Å². The van der Waals surface area contributed by atoms with Gasteiger partial charge in [-0.3, -0.25) is 4.99 Å². The quantitative estimate of drug-likeness (QED) is 0.467. The monoisotopic (exact) mass is 311 g/mol. The molecule has 2 aromatic carbocycles. The Kier molecular flexibility index (Phi) is 2.14. The average molecular weight is 311 g/mol. The molecule has 1 nitrogen and oxygen atoms in total. The first kappa shape index (κ1) is 12.0. The lowest BCUT2D eigenvalue weighted by Crippen LogP contribution is -2.08. The highest BCUT2D eigenvalue weighted by Gasteiger charge is 2.21. The number of fused-ring (bicyclic) bond motifs is 7. The topological polar surface area (TPSA) is 12.4 Å². The van der Waals surface area contributed by atoms with Gasteiger partial charge < -0.3 is 0 Å². The summed E-state index contributed by atoms with van der Waals surface area (Å²) in [5.74, 6) is 0. The number of benzene rings is 2. The first-order chi connectivity index (χ1) is 11.4. The van der Waals surface area contributed by atoms with Gasteiger partial charge in [-0.1, -0.05) is 48.6 Å². The SMILES string of the molecule is C1=CC2=c3ccc4c5c(sc4c3N=C2CC1)=c1ccccc1=C5. The molecule has 1 aliphatic heterocycles. The molecule has 1 aromatic heterocycles. The van der Waals surface area contributed by atoms with Crippen LogP contribution in [0.15, 0.2) is 53.5 Å². The van der Waals surface area contributed by atoms with Crippen LogP contribution < -0.4 is 10.4 Å². The molecule has 0 bridgehead atoms. The fourth-order valence-corrected chi connectivity index (χ4v) is 5.29. The molecule has 0 saturated carbocycles. The number of rotatable bonds is 0. The second-order valence-corrected chi connectivity index (χ2v) is 7.35. The Bertz CT molecular complexity index is 1300. The Morgan fingerprint density at radius 1 is 1.00 bits per heavy atom. The van der Waals surface area contributed by atoms with Crippen LogP contribution >= 0.6 is 11.3 Å². The van der Waals surface area contributed by atoms with Crippen molar-refractivity contribution in [3.05, 3.63) is 74.3 Å². The van der Waals surface area contributed by atoms with Gasteiger partial charge in [-0.05, 0) is 29.4 Å².